The lowest BCUT2D eigenvalue weighted by molar-refractivity contribution is 0.0896. The van der Waals surface area contributed by atoms with Crippen LogP contribution in [0.1, 0.15) is 60.8 Å². The maximum atomic E-state index is 12.5. The fourth-order valence-electron chi connectivity index (χ4n) is 3.45. The first-order valence-corrected chi connectivity index (χ1v) is 10.1. The van der Waals surface area contributed by atoms with Gasteiger partial charge in [0.2, 0.25) is 6.79 Å². The third-order valence-electron chi connectivity index (χ3n) is 4.92. The van der Waals surface area contributed by atoms with Crippen molar-refractivity contribution in [3.63, 3.8) is 0 Å². The molecule has 1 aromatic carbocycles. The van der Waals surface area contributed by atoms with E-state index in [0.29, 0.717) is 4.88 Å². The largest absolute Gasteiger partial charge is 0.490 e. The van der Waals surface area contributed by atoms with Crippen LogP contribution in [0.25, 0.3) is 0 Å². The number of hydrogen-bond acceptors (Lipinski definition) is 7. The molecule has 2 aliphatic rings. The molecule has 4 rings (SSSR count). The van der Waals surface area contributed by atoms with E-state index in [1.54, 1.807) is 0 Å². The van der Waals surface area contributed by atoms with Crippen molar-refractivity contribution in [3.8, 4) is 17.2 Å². The number of benzene rings is 1. The van der Waals surface area contributed by atoms with Gasteiger partial charge in [-0.25, -0.2) is 0 Å². The van der Waals surface area contributed by atoms with E-state index in [2.05, 4.69) is 14.9 Å². The van der Waals surface area contributed by atoms with Gasteiger partial charge in [-0.2, -0.15) is 0 Å². The molecule has 2 heterocycles. The zero-order chi connectivity index (χ0) is 18.8. The van der Waals surface area contributed by atoms with E-state index in [4.69, 9.17) is 14.2 Å². The summed E-state index contributed by atoms with van der Waals surface area (Å²) in [6.07, 6.45) is 3.73. The van der Waals surface area contributed by atoms with Crippen molar-refractivity contribution in [2.45, 2.75) is 57.6 Å². The van der Waals surface area contributed by atoms with E-state index in [1.807, 2.05) is 32.0 Å². The number of amides is 1. The number of aromatic nitrogens is 2. The first kappa shape index (κ1) is 18.0. The molecule has 0 spiro atoms. The second-order valence-electron chi connectivity index (χ2n) is 7.22. The monoisotopic (exact) mass is 389 g/mol. The van der Waals surface area contributed by atoms with E-state index in [9.17, 15) is 4.79 Å². The lowest BCUT2D eigenvalue weighted by Crippen LogP contribution is -2.39. The van der Waals surface area contributed by atoms with Gasteiger partial charge in [0, 0.05) is 12.1 Å². The summed E-state index contributed by atoms with van der Waals surface area (Å²) in [5.74, 6) is 2.41. The minimum Gasteiger partial charge on any atom is -0.490 e. The molecule has 1 amide bonds. The summed E-state index contributed by atoms with van der Waals surface area (Å²) in [4.78, 5) is 13.2. The first-order chi connectivity index (χ1) is 13.1. The average molecular weight is 389 g/mol. The van der Waals surface area contributed by atoms with Gasteiger partial charge in [0.1, 0.15) is 10.6 Å². The molecule has 144 valence electrons. The Morgan fingerprint density at radius 1 is 1.22 bits per heavy atom. The Kier molecular flexibility index (Phi) is 5.15. The van der Waals surface area contributed by atoms with Gasteiger partial charge >= 0.3 is 0 Å². The average Bonchev–Trinajstić information content (AvgIpc) is 3.32. The molecule has 8 heteroatoms. The van der Waals surface area contributed by atoms with Crippen LogP contribution >= 0.6 is 11.5 Å². The molecular weight excluding hydrogens is 366 g/mol. The van der Waals surface area contributed by atoms with Crippen molar-refractivity contribution < 1.29 is 19.0 Å². The quantitative estimate of drug-likeness (QED) is 0.843. The van der Waals surface area contributed by atoms with Crippen molar-refractivity contribution in [3.05, 3.63) is 28.8 Å². The Balaban J connectivity index is 1.29. The molecule has 1 aromatic heterocycles. The fourth-order valence-corrected chi connectivity index (χ4v) is 4.17. The number of carbonyl (C=O) groups excluding carboxylic acids is 1. The van der Waals surface area contributed by atoms with Gasteiger partial charge < -0.3 is 19.5 Å². The van der Waals surface area contributed by atoms with Crippen LogP contribution in [-0.4, -0.2) is 34.4 Å². The summed E-state index contributed by atoms with van der Waals surface area (Å²) in [6.45, 7) is 4.30. The molecule has 1 N–H and O–H groups in total. The number of carbonyl (C=O) groups is 1. The van der Waals surface area contributed by atoms with E-state index in [-0.39, 0.29) is 30.8 Å². The molecule has 1 aliphatic heterocycles. The molecule has 2 aromatic rings. The van der Waals surface area contributed by atoms with Crippen LogP contribution in [0.5, 0.6) is 17.2 Å². The highest BCUT2D eigenvalue weighted by Gasteiger charge is 2.26. The predicted molar refractivity (Wildman–Crippen MR) is 101 cm³/mol. The zero-order valence-electron chi connectivity index (χ0n) is 15.4. The maximum absolute atomic E-state index is 12.5. The molecular formula is C19H23N3O4S. The van der Waals surface area contributed by atoms with Crippen molar-refractivity contribution in [2.24, 2.45) is 0 Å². The highest BCUT2D eigenvalue weighted by Crippen LogP contribution is 2.36. The van der Waals surface area contributed by atoms with Gasteiger partial charge in [-0.15, -0.1) is 5.10 Å². The van der Waals surface area contributed by atoms with Gasteiger partial charge in [0.05, 0.1) is 11.8 Å². The summed E-state index contributed by atoms with van der Waals surface area (Å²) in [6, 6.07) is 5.82. The summed E-state index contributed by atoms with van der Waals surface area (Å²) in [7, 11) is 0. The van der Waals surface area contributed by atoms with Gasteiger partial charge in [-0.3, -0.25) is 4.79 Å². The van der Waals surface area contributed by atoms with Crippen LogP contribution in [0, 0.1) is 0 Å². The van der Waals surface area contributed by atoms with Crippen molar-refractivity contribution in [1.29, 1.82) is 0 Å². The standard InChI is InChI=1S/C19H23N3O4S/c1-11(2)17-18(27-22-21-17)19(23)20-12-3-5-13(6-4-12)26-14-7-8-15-16(9-14)25-10-24-15/h7-9,11-13H,3-6,10H2,1-2H3,(H,20,23). The second-order valence-corrected chi connectivity index (χ2v) is 7.98. The topological polar surface area (TPSA) is 82.6 Å². The van der Waals surface area contributed by atoms with E-state index >= 15 is 0 Å². The third-order valence-corrected chi connectivity index (χ3v) is 5.66. The molecule has 7 nitrogen and oxygen atoms in total. The van der Waals surface area contributed by atoms with Crippen LogP contribution in [0.2, 0.25) is 0 Å². The van der Waals surface area contributed by atoms with Gasteiger partial charge in [-0.1, -0.05) is 18.3 Å². The van der Waals surface area contributed by atoms with Crippen LogP contribution in [0.15, 0.2) is 18.2 Å². The Morgan fingerprint density at radius 2 is 2.00 bits per heavy atom. The number of nitrogens with zero attached hydrogens (tertiary/aromatic N) is 2. The molecule has 0 bridgehead atoms. The van der Waals surface area contributed by atoms with E-state index < -0.39 is 0 Å². The first-order valence-electron chi connectivity index (χ1n) is 9.29. The van der Waals surface area contributed by atoms with Crippen LogP contribution in [0.3, 0.4) is 0 Å². The molecule has 1 saturated carbocycles. The van der Waals surface area contributed by atoms with Gasteiger partial charge in [-0.05, 0) is 55.3 Å². The number of nitrogens with one attached hydrogen (secondary N) is 1. The van der Waals surface area contributed by atoms with Gasteiger partial charge in [0.15, 0.2) is 11.5 Å². The Hall–Kier alpha value is -2.35. The minimum atomic E-state index is -0.0613. The number of rotatable bonds is 5. The van der Waals surface area contributed by atoms with Crippen molar-refractivity contribution >= 4 is 17.4 Å². The van der Waals surface area contributed by atoms with E-state index in [1.165, 1.54) is 11.5 Å². The molecule has 0 unspecified atom stereocenters. The molecule has 1 fully saturated rings. The van der Waals surface area contributed by atoms with Crippen LogP contribution in [0.4, 0.5) is 0 Å². The fraction of sp³-hybridized carbons (Fsp3) is 0.526. The lowest BCUT2D eigenvalue weighted by Gasteiger charge is -2.29. The Labute approximate surface area is 162 Å². The predicted octanol–water partition coefficient (Wildman–Crippen LogP) is 3.51. The zero-order valence-corrected chi connectivity index (χ0v) is 16.3. The highest BCUT2D eigenvalue weighted by molar-refractivity contribution is 7.08. The second kappa shape index (κ2) is 7.72. The van der Waals surface area contributed by atoms with Crippen LogP contribution < -0.4 is 19.5 Å². The van der Waals surface area contributed by atoms with E-state index in [0.717, 1.165) is 48.6 Å². The molecule has 0 radical (unpaired) electrons. The number of fused-ring (bicyclic) bond motifs is 1. The smallest absolute Gasteiger partial charge is 0.265 e. The molecule has 0 saturated heterocycles. The summed E-state index contributed by atoms with van der Waals surface area (Å²) >= 11 is 1.17. The van der Waals surface area contributed by atoms with Crippen LogP contribution in [-0.2, 0) is 0 Å². The highest BCUT2D eigenvalue weighted by atomic mass is 32.1. The van der Waals surface area contributed by atoms with Crippen molar-refractivity contribution in [1.82, 2.24) is 14.9 Å². The lowest BCUT2D eigenvalue weighted by atomic mass is 9.92. The molecule has 0 atom stereocenters. The molecule has 1 aliphatic carbocycles. The molecule has 27 heavy (non-hydrogen) atoms. The van der Waals surface area contributed by atoms with Gasteiger partial charge in [0.25, 0.3) is 5.91 Å². The van der Waals surface area contributed by atoms with Crippen molar-refractivity contribution in [2.75, 3.05) is 6.79 Å². The number of hydrogen-bond donors (Lipinski definition) is 1. The summed E-state index contributed by atoms with van der Waals surface area (Å²) < 4.78 is 20.7. The summed E-state index contributed by atoms with van der Waals surface area (Å²) in [5.41, 5.74) is 0.775. The SMILES string of the molecule is CC(C)c1nnsc1C(=O)NC1CCC(Oc2ccc3c(c2)OCO3)CC1. The Morgan fingerprint density at radius 3 is 2.78 bits per heavy atom. The number of ether oxygens (including phenoxy) is 3. The third kappa shape index (κ3) is 4.00. The normalized spacial score (nSPS) is 21.3. The maximum Gasteiger partial charge on any atom is 0.265 e. The Bertz CT molecular complexity index is 815. The summed E-state index contributed by atoms with van der Waals surface area (Å²) in [5, 5.41) is 7.22. The minimum absolute atomic E-state index is 0.0613.